The first-order chi connectivity index (χ1) is 9.03. The molecule has 0 aliphatic carbocycles. The number of carboxylic acids is 1. The first-order valence-electron chi connectivity index (χ1n) is 6.71. The average Bonchev–Trinajstić information content (AvgIpc) is 2.39. The summed E-state index contributed by atoms with van der Waals surface area (Å²) < 4.78 is 5.15. The smallest absolute Gasteiger partial charge is 0.337 e. The highest BCUT2D eigenvalue weighted by molar-refractivity contribution is 5.94. The molecular weight excluding hydrogens is 242 g/mol. The Hall–Kier alpha value is -1.71. The zero-order valence-electron chi connectivity index (χ0n) is 12.1. The maximum atomic E-state index is 11.2. The fourth-order valence-corrected chi connectivity index (χ4v) is 2.32. The van der Waals surface area contributed by atoms with Crippen molar-refractivity contribution in [1.82, 2.24) is 0 Å². The van der Waals surface area contributed by atoms with Crippen molar-refractivity contribution in [2.75, 3.05) is 12.4 Å². The van der Waals surface area contributed by atoms with Crippen molar-refractivity contribution in [3.63, 3.8) is 0 Å². The summed E-state index contributed by atoms with van der Waals surface area (Å²) in [4.78, 5) is 11.2. The lowest BCUT2D eigenvalue weighted by Crippen LogP contribution is -2.26. The second-order valence-electron chi connectivity index (χ2n) is 4.73. The van der Waals surface area contributed by atoms with E-state index in [4.69, 9.17) is 4.74 Å². The lowest BCUT2D eigenvalue weighted by Gasteiger charge is -2.24. The van der Waals surface area contributed by atoms with Gasteiger partial charge < -0.3 is 15.2 Å². The van der Waals surface area contributed by atoms with Crippen molar-refractivity contribution in [3.8, 4) is 5.75 Å². The van der Waals surface area contributed by atoms with E-state index in [0.29, 0.717) is 17.4 Å². The van der Waals surface area contributed by atoms with Crippen molar-refractivity contribution in [2.45, 2.75) is 39.7 Å². The zero-order chi connectivity index (χ0) is 14.4. The van der Waals surface area contributed by atoms with Crippen LogP contribution in [0.3, 0.4) is 0 Å². The molecule has 1 unspecified atom stereocenters. The Labute approximate surface area is 114 Å². The Morgan fingerprint density at radius 3 is 2.47 bits per heavy atom. The second kappa shape index (κ2) is 7.02. The molecule has 0 aliphatic rings. The molecule has 0 radical (unpaired) electrons. The number of benzene rings is 1. The van der Waals surface area contributed by atoms with Crippen molar-refractivity contribution in [2.24, 2.45) is 5.92 Å². The van der Waals surface area contributed by atoms with E-state index in [1.54, 1.807) is 25.3 Å². The van der Waals surface area contributed by atoms with Gasteiger partial charge in [0.05, 0.1) is 18.4 Å². The monoisotopic (exact) mass is 265 g/mol. The predicted molar refractivity (Wildman–Crippen MR) is 77.1 cm³/mol. The summed E-state index contributed by atoms with van der Waals surface area (Å²) in [5.74, 6) is 0.249. The Morgan fingerprint density at radius 1 is 1.37 bits per heavy atom. The summed E-state index contributed by atoms with van der Waals surface area (Å²) >= 11 is 0. The Morgan fingerprint density at radius 2 is 2.00 bits per heavy atom. The van der Waals surface area contributed by atoms with E-state index in [9.17, 15) is 9.90 Å². The molecule has 0 bridgehead atoms. The molecular formula is C15H23NO3. The van der Waals surface area contributed by atoms with Gasteiger partial charge in [-0.1, -0.05) is 26.7 Å². The zero-order valence-corrected chi connectivity index (χ0v) is 12.1. The fraction of sp³-hybridized carbons (Fsp3) is 0.533. The maximum absolute atomic E-state index is 11.2. The molecule has 0 heterocycles. The molecule has 106 valence electrons. The number of anilines is 1. The van der Waals surface area contributed by atoms with Crippen LogP contribution in [0.15, 0.2) is 18.2 Å². The second-order valence-corrected chi connectivity index (χ2v) is 4.73. The standard InChI is InChI=1S/C15H23NO3/c1-5-11(6-2)10(3)16-14-9-12(19-4)7-8-13(14)15(17)18/h7-11,16H,5-6H2,1-4H3,(H,17,18). The van der Waals surface area contributed by atoms with Gasteiger partial charge in [0.15, 0.2) is 0 Å². The van der Waals surface area contributed by atoms with Crippen LogP contribution in [0.1, 0.15) is 44.0 Å². The molecule has 0 aromatic heterocycles. The maximum Gasteiger partial charge on any atom is 0.337 e. The van der Waals surface area contributed by atoms with Crippen LogP contribution < -0.4 is 10.1 Å². The molecule has 0 spiro atoms. The third kappa shape index (κ3) is 3.88. The van der Waals surface area contributed by atoms with Gasteiger partial charge in [-0.2, -0.15) is 0 Å². The third-order valence-electron chi connectivity index (χ3n) is 3.60. The first-order valence-corrected chi connectivity index (χ1v) is 6.71. The summed E-state index contributed by atoms with van der Waals surface area (Å²) in [6, 6.07) is 5.20. The Kier molecular flexibility index (Phi) is 5.67. The highest BCUT2D eigenvalue weighted by atomic mass is 16.5. The van der Waals surface area contributed by atoms with Crippen LogP contribution in [0.4, 0.5) is 5.69 Å². The SMILES string of the molecule is CCC(CC)C(C)Nc1cc(OC)ccc1C(=O)O. The van der Waals surface area contributed by atoms with E-state index < -0.39 is 5.97 Å². The number of carbonyl (C=O) groups is 1. The number of carboxylic acid groups (broad SMARTS) is 1. The number of methoxy groups -OCH3 is 1. The van der Waals surface area contributed by atoms with Crippen LogP contribution in [0, 0.1) is 5.92 Å². The topological polar surface area (TPSA) is 58.6 Å². The van der Waals surface area contributed by atoms with Crippen LogP contribution in [0.2, 0.25) is 0 Å². The molecule has 0 saturated heterocycles. The summed E-state index contributed by atoms with van der Waals surface area (Å²) in [5, 5.41) is 12.5. The largest absolute Gasteiger partial charge is 0.497 e. The Balaban J connectivity index is 3.00. The van der Waals surface area contributed by atoms with Crippen LogP contribution in [0.5, 0.6) is 5.75 Å². The molecule has 1 aromatic carbocycles. The van der Waals surface area contributed by atoms with Crippen molar-refractivity contribution in [3.05, 3.63) is 23.8 Å². The minimum Gasteiger partial charge on any atom is -0.497 e. The quantitative estimate of drug-likeness (QED) is 0.790. The summed E-state index contributed by atoms with van der Waals surface area (Å²) in [5.41, 5.74) is 0.893. The van der Waals surface area contributed by atoms with E-state index in [2.05, 4.69) is 26.1 Å². The molecule has 4 nitrogen and oxygen atoms in total. The molecule has 4 heteroatoms. The Bertz CT molecular complexity index is 427. The van der Waals surface area contributed by atoms with Gasteiger partial charge in [-0.05, 0) is 25.0 Å². The highest BCUT2D eigenvalue weighted by Crippen LogP contribution is 2.25. The molecule has 0 saturated carbocycles. The van der Waals surface area contributed by atoms with Crippen LogP contribution in [-0.4, -0.2) is 24.2 Å². The van der Waals surface area contributed by atoms with Gasteiger partial charge in [0.25, 0.3) is 0 Å². The number of hydrogen-bond donors (Lipinski definition) is 2. The minimum atomic E-state index is -0.929. The average molecular weight is 265 g/mol. The van der Waals surface area contributed by atoms with Gasteiger partial charge in [0, 0.05) is 12.1 Å². The van der Waals surface area contributed by atoms with Crippen LogP contribution in [-0.2, 0) is 0 Å². The number of rotatable bonds is 7. The number of aromatic carboxylic acids is 1. The summed E-state index contributed by atoms with van der Waals surface area (Å²) in [6.45, 7) is 6.38. The lowest BCUT2D eigenvalue weighted by molar-refractivity contribution is 0.0698. The number of hydrogen-bond acceptors (Lipinski definition) is 3. The van der Waals surface area contributed by atoms with E-state index in [1.165, 1.54) is 0 Å². The summed E-state index contributed by atoms with van der Waals surface area (Å²) in [7, 11) is 1.57. The van der Waals surface area contributed by atoms with Gasteiger partial charge in [0.2, 0.25) is 0 Å². The molecule has 19 heavy (non-hydrogen) atoms. The number of ether oxygens (including phenoxy) is 1. The van der Waals surface area contributed by atoms with Gasteiger partial charge in [0.1, 0.15) is 5.75 Å². The molecule has 0 fully saturated rings. The van der Waals surface area contributed by atoms with Crippen molar-refractivity contribution < 1.29 is 14.6 Å². The van der Waals surface area contributed by atoms with Crippen LogP contribution >= 0.6 is 0 Å². The van der Waals surface area contributed by atoms with E-state index >= 15 is 0 Å². The van der Waals surface area contributed by atoms with E-state index in [-0.39, 0.29) is 11.6 Å². The molecule has 1 rings (SSSR count). The summed E-state index contributed by atoms with van der Waals surface area (Å²) in [6.07, 6.45) is 2.13. The van der Waals surface area contributed by atoms with Gasteiger partial charge in [-0.25, -0.2) is 4.79 Å². The van der Waals surface area contributed by atoms with Crippen molar-refractivity contribution in [1.29, 1.82) is 0 Å². The normalized spacial score (nSPS) is 12.3. The van der Waals surface area contributed by atoms with E-state index in [0.717, 1.165) is 12.8 Å². The minimum absolute atomic E-state index is 0.222. The van der Waals surface area contributed by atoms with Gasteiger partial charge in [-0.3, -0.25) is 0 Å². The highest BCUT2D eigenvalue weighted by Gasteiger charge is 2.17. The molecule has 1 aromatic rings. The van der Waals surface area contributed by atoms with Gasteiger partial charge >= 0.3 is 5.97 Å². The van der Waals surface area contributed by atoms with Gasteiger partial charge in [-0.15, -0.1) is 0 Å². The molecule has 0 aliphatic heterocycles. The molecule has 1 atom stereocenters. The van der Waals surface area contributed by atoms with Crippen LogP contribution in [0.25, 0.3) is 0 Å². The molecule has 2 N–H and O–H groups in total. The predicted octanol–water partition coefficient (Wildman–Crippen LogP) is 3.63. The van der Waals surface area contributed by atoms with E-state index in [1.807, 2.05) is 0 Å². The fourth-order valence-electron chi connectivity index (χ4n) is 2.32. The number of nitrogens with one attached hydrogen (secondary N) is 1. The first kappa shape index (κ1) is 15.3. The third-order valence-corrected chi connectivity index (χ3v) is 3.60. The lowest BCUT2D eigenvalue weighted by atomic mass is 9.95. The van der Waals surface area contributed by atoms with Crippen molar-refractivity contribution >= 4 is 11.7 Å². The molecule has 0 amide bonds.